The van der Waals surface area contributed by atoms with E-state index in [1.54, 1.807) is 19.1 Å². The first-order chi connectivity index (χ1) is 8.56. The third-order valence-corrected chi connectivity index (χ3v) is 2.97. The van der Waals surface area contributed by atoms with Crippen molar-refractivity contribution in [2.75, 3.05) is 5.32 Å². The van der Waals surface area contributed by atoms with Crippen LogP contribution >= 0.6 is 0 Å². The molecule has 0 aromatic heterocycles. The second kappa shape index (κ2) is 5.08. The fourth-order valence-electron chi connectivity index (χ4n) is 1.92. The maximum Gasteiger partial charge on any atom is 0.316 e. The molecule has 1 fully saturated rings. The maximum absolute atomic E-state index is 11.5. The van der Waals surface area contributed by atoms with Gasteiger partial charge in [-0.3, -0.25) is 4.79 Å². The van der Waals surface area contributed by atoms with Gasteiger partial charge in [0.1, 0.15) is 0 Å². The van der Waals surface area contributed by atoms with Gasteiger partial charge in [0.25, 0.3) is 0 Å². The average molecular weight is 247 g/mol. The molecule has 0 atom stereocenters. The summed E-state index contributed by atoms with van der Waals surface area (Å²) in [6.07, 6.45) is 2.20. The van der Waals surface area contributed by atoms with Gasteiger partial charge < -0.3 is 16.0 Å². The fourth-order valence-corrected chi connectivity index (χ4v) is 1.92. The molecule has 96 valence electrons. The van der Waals surface area contributed by atoms with E-state index in [1.165, 1.54) is 0 Å². The van der Waals surface area contributed by atoms with Crippen molar-refractivity contribution >= 4 is 17.6 Å². The summed E-state index contributed by atoms with van der Waals surface area (Å²) in [4.78, 5) is 24.1. The second-order valence-electron chi connectivity index (χ2n) is 4.56. The van der Waals surface area contributed by atoms with Crippen LogP contribution in [0.15, 0.2) is 24.3 Å². The molecule has 5 nitrogen and oxygen atoms in total. The van der Waals surface area contributed by atoms with E-state index in [-0.39, 0.29) is 5.91 Å². The highest BCUT2D eigenvalue weighted by Crippen LogP contribution is 2.28. The molecule has 0 aliphatic heterocycles. The van der Waals surface area contributed by atoms with Crippen molar-refractivity contribution in [3.05, 3.63) is 29.8 Å². The van der Waals surface area contributed by atoms with E-state index in [1.807, 2.05) is 17.0 Å². The molecule has 3 amide bonds. The number of hydrogen-bond acceptors (Lipinski definition) is 2. The summed E-state index contributed by atoms with van der Waals surface area (Å²) in [6, 6.07) is 7.18. The van der Waals surface area contributed by atoms with Gasteiger partial charge in [0.05, 0.1) is 0 Å². The predicted octanol–water partition coefficient (Wildman–Crippen LogP) is 1.69. The topological polar surface area (TPSA) is 75.4 Å². The molecule has 2 rings (SSSR count). The average Bonchev–Trinajstić information content (AvgIpc) is 3.10. The Morgan fingerprint density at radius 3 is 2.39 bits per heavy atom. The summed E-state index contributed by atoms with van der Waals surface area (Å²) in [6.45, 7) is 2.22. The summed E-state index contributed by atoms with van der Waals surface area (Å²) in [7, 11) is 0. The highest BCUT2D eigenvalue weighted by molar-refractivity contribution is 5.87. The van der Waals surface area contributed by atoms with Crippen LogP contribution in [-0.4, -0.2) is 22.9 Å². The molecule has 5 heteroatoms. The standard InChI is InChI=1S/C13H17N3O2/c1-9(17)16(12-6-7-12)8-10-2-4-11(5-3-10)15-13(14)18/h2-5,12H,6-8H2,1H3,(H3,14,15,18). The number of nitrogens with two attached hydrogens (primary N) is 1. The Labute approximate surface area is 106 Å². The van der Waals surface area contributed by atoms with Crippen molar-refractivity contribution in [2.24, 2.45) is 5.73 Å². The minimum Gasteiger partial charge on any atom is -0.351 e. The van der Waals surface area contributed by atoms with Crippen molar-refractivity contribution in [2.45, 2.75) is 32.4 Å². The van der Waals surface area contributed by atoms with E-state index in [4.69, 9.17) is 5.73 Å². The van der Waals surface area contributed by atoms with E-state index in [2.05, 4.69) is 5.32 Å². The number of nitrogens with zero attached hydrogens (tertiary/aromatic N) is 1. The van der Waals surface area contributed by atoms with Gasteiger partial charge in [-0.15, -0.1) is 0 Å². The lowest BCUT2D eigenvalue weighted by Crippen LogP contribution is -2.30. The van der Waals surface area contributed by atoms with E-state index in [9.17, 15) is 9.59 Å². The zero-order valence-corrected chi connectivity index (χ0v) is 10.3. The summed E-state index contributed by atoms with van der Waals surface area (Å²) < 4.78 is 0. The van der Waals surface area contributed by atoms with Crippen LogP contribution in [0, 0.1) is 0 Å². The first-order valence-electron chi connectivity index (χ1n) is 5.99. The number of urea groups is 1. The molecule has 0 radical (unpaired) electrons. The van der Waals surface area contributed by atoms with Gasteiger partial charge in [0.2, 0.25) is 5.91 Å². The second-order valence-corrected chi connectivity index (χ2v) is 4.56. The van der Waals surface area contributed by atoms with Crippen molar-refractivity contribution < 1.29 is 9.59 Å². The molecule has 0 saturated heterocycles. The van der Waals surface area contributed by atoms with E-state index >= 15 is 0 Å². The van der Waals surface area contributed by atoms with Crippen LogP contribution < -0.4 is 11.1 Å². The number of amides is 3. The maximum atomic E-state index is 11.5. The van der Waals surface area contributed by atoms with Crippen LogP contribution in [0.25, 0.3) is 0 Å². The van der Waals surface area contributed by atoms with E-state index in [0.29, 0.717) is 18.3 Å². The van der Waals surface area contributed by atoms with Gasteiger partial charge in [-0.25, -0.2) is 4.79 Å². The quantitative estimate of drug-likeness (QED) is 0.849. The number of carbonyl (C=O) groups is 2. The van der Waals surface area contributed by atoms with Gasteiger partial charge in [-0.05, 0) is 30.5 Å². The molecule has 3 N–H and O–H groups in total. The molecule has 1 aromatic carbocycles. The minimum absolute atomic E-state index is 0.108. The Bertz CT molecular complexity index is 452. The third kappa shape index (κ3) is 3.23. The Morgan fingerprint density at radius 2 is 1.94 bits per heavy atom. The zero-order valence-electron chi connectivity index (χ0n) is 10.3. The third-order valence-electron chi connectivity index (χ3n) is 2.97. The van der Waals surface area contributed by atoms with E-state index in [0.717, 1.165) is 18.4 Å². The molecule has 0 spiro atoms. The first-order valence-corrected chi connectivity index (χ1v) is 5.99. The van der Waals surface area contributed by atoms with Crippen molar-refractivity contribution in [3.8, 4) is 0 Å². The van der Waals surface area contributed by atoms with Crippen molar-refractivity contribution in [1.29, 1.82) is 0 Å². The van der Waals surface area contributed by atoms with E-state index < -0.39 is 6.03 Å². The number of hydrogen-bond donors (Lipinski definition) is 2. The highest BCUT2D eigenvalue weighted by Gasteiger charge is 2.30. The van der Waals surface area contributed by atoms with Crippen LogP contribution in [0.1, 0.15) is 25.3 Å². The van der Waals surface area contributed by atoms with Gasteiger partial charge >= 0.3 is 6.03 Å². The largest absolute Gasteiger partial charge is 0.351 e. The molecule has 0 unspecified atom stereocenters. The lowest BCUT2D eigenvalue weighted by molar-refractivity contribution is -0.130. The molecule has 0 bridgehead atoms. The van der Waals surface area contributed by atoms with Crippen molar-refractivity contribution in [1.82, 2.24) is 4.90 Å². The number of nitrogens with one attached hydrogen (secondary N) is 1. The molecule has 0 heterocycles. The van der Waals surface area contributed by atoms with Crippen LogP contribution in [0.5, 0.6) is 0 Å². The lowest BCUT2D eigenvalue weighted by Gasteiger charge is -2.20. The summed E-state index contributed by atoms with van der Waals surface area (Å²) in [5.41, 5.74) is 6.74. The van der Waals surface area contributed by atoms with Crippen LogP contribution in [0.2, 0.25) is 0 Å². The summed E-state index contributed by atoms with van der Waals surface area (Å²) in [5.74, 6) is 0.108. The molecular formula is C13H17N3O2. The van der Waals surface area contributed by atoms with Crippen LogP contribution in [0.4, 0.5) is 10.5 Å². The fraction of sp³-hybridized carbons (Fsp3) is 0.385. The highest BCUT2D eigenvalue weighted by atomic mass is 16.2. The minimum atomic E-state index is -0.578. The number of benzene rings is 1. The Balaban J connectivity index is 2.00. The Morgan fingerprint density at radius 1 is 1.33 bits per heavy atom. The van der Waals surface area contributed by atoms with Gasteiger partial charge in [0.15, 0.2) is 0 Å². The summed E-state index contributed by atoms with van der Waals surface area (Å²) in [5, 5.41) is 2.50. The smallest absolute Gasteiger partial charge is 0.316 e. The monoisotopic (exact) mass is 247 g/mol. The van der Waals surface area contributed by atoms with Gasteiger partial charge in [0, 0.05) is 25.2 Å². The zero-order chi connectivity index (χ0) is 13.1. The van der Waals surface area contributed by atoms with Gasteiger partial charge in [-0.1, -0.05) is 12.1 Å². The van der Waals surface area contributed by atoms with Crippen molar-refractivity contribution in [3.63, 3.8) is 0 Å². The number of anilines is 1. The molecular weight excluding hydrogens is 230 g/mol. The number of rotatable bonds is 4. The summed E-state index contributed by atoms with van der Waals surface area (Å²) >= 11 is 0. The predicted molar refractivity (Wildman–Crippen MR) is 68.9 cm³/mol. The number of carbonyl (C=O) groups excluding carboxylic acids is 2. The van der Waals surface area contributed by atoms with Crippen LogP contribution in [-0.2, 0) is 11.3 Å². The number of primary amides is 1. The lowest BCUT2D eigenvalue weighted by atomic mass is 10.2. The molecule has 1 saturated carbocycles. The molecule has 1 aliphatic carbocycles. The first kappa shape index (κ1) is 12.4. The Hall–Kier alpha value is -2.04. The molecule has 18 heavy (non-hydrogen) atoms. The molecule has 1 aliphatic rings. The Kier molecular flexibility index (Phi) is 3.50. The SMILES string of the molecule is CC(=O)N(Cc1ccc(NC(N)=O)cc1)C1CC1. The van der Waals surface area contributed by atoms with Crippen LogP contribution in [0.3, 0.4) is 0 Å². The van der Waals surface area contributed by atoms with Gasteiger partial charge in [-0.2, -0.15) is 0 Å². The molecule has 1 aromatic rings. The normalized spacial score (nSPS) is 14.1.